The minimum Gasteiger partial charge on any atom is -0.355 e. The van der Waals surface area contributed by atoms with E-state index in [2.05, 4.69) is 57.9 Å². The zero-order valence-corrected chi connectivity index (χ0v) is 9.37. The van der Waals surface area contributed by atoms with Crippen LogP contribution in [0.25, 0.3) is 0 Å². The summed E-state index contributed by atoms with van der Waals surface area (Å²) in [5, 5.41) is 4.31. The molecule has 0 bridgehead atoms. The molecule has 3 rings (SSSR count). The maximum atomic E-state index is 2.34. The van der Waals surface area contributed by atoms with Crippen molar-refractivity contribution >= 4 is 28.4 Å². The molecular weight excluding hydrogens is 204 g/mol. The van der Waals surface area contributed by atoms with Crippen LogP contribution in [0.15, 0.2) is 41.1 Å². The van der Waals surface area contributed by atoms with Crippen molar-refractivity contribution < 1.29 is 0 Å². The van der Waals surface area contributed by atoms with Gasteiger partial charge >= 0.3 is 0 Å². The van der Waals surface area contributed by atoms with Crippen molar-refractivity contribution in [1.29, 1.82) is 0 Å². The lowest BCUT2D eigenvalue weighted by atomic mass is 10.2. The smallest absolute Gasteiger partial charge is 0.0950 e. The standard InChI is InChI=1S/C12H12N2S/c1-13-9-14(10-6-7-15-8-10)12-5-3-2-4-11(12)13/h2-8H,9H2,1H3. The van der Waals surface area contributed by atoms with E-state index >= 15 is 0 Å². The second-order valence-electron chi connectivity index (χ2n) is 3.74. The molecule has 2 aromatic rings. The van der Waals surface area contributed by atoms with Crippen LogP contribution in [0.5, 0.6) is 0 Å². The summed E-state index contributed by atoms with van der Waals surface area (Å²) in [5.41, 5.74) is 3.90. The number of hydrogen-bond donors (Lipinski definition) is 0. The van der Waals surface area contributed by atoms with Gasteiger partial charge in [0, 0.05) is 12.4 Å². The van der Waals surface area contributed by atoms with Gasteiger partial charge in [-0.25, -0.2) is 0 Å². The first-order valence-corrected chi connectivity index (χ1v) is 5.90. The molecule has 1 aliphatic heterocycles. The number of benzene rings is 1. The first-order valence-electron chi connectivity index (χ1n) is 4.96. The molecule has 2 heterocycles. The van der Waals surface area contributed by atoms with E-state index in [1.807, 2.05) is 0 Å². The van der Waals surface area contributed by atoms with Crippen molar-refractivity contribution in [3.63, 3.8) is 0 Å². The summed E-state index contributed by atoms with van der Waals surface area (Å²) in [6.45, 7) is 0.941. The van der Waals surface area contributed by atoms with Gasteiger partial charge in [0.05, 0.1) is 23.7 Å². The molecule has 0 N–H and O–H groups in total. The van der Waals surface area contributed by atoms with E-state index in [0.29, 0.717) is 0 Å². The van der Waals surface area contributed by atoms with Crippen LogP contribution in [-0.2, 0) is 0 Å². The minimum atomic E-state index is 0.941. The SMILES string of the molecule is CN1CN(c2ccsc2)c2ccccc21. The fourth-order valence-electron chi connectivity index (χ4n) is 2.01. The predicted octanol–water partition coefficient (Wildman–Crippen LogP) is 3.29. The number of fused-ring (bicyclic) bond motifs is 1. The van der Waals surface area contributed by atoms with Gasteiger partial charge in [-0.1, -0.05) is 12.1 Å². The number of nitrogens with zero attached hydrogens (tertiary/aromatic N) is 2. The first-order chi connectivity index (χ1) is 7.36. The summed E-state index contributed by atoms with van der Waals surface area (Å²) >= 11 is 1.74. The highest BCUT2D eigenvalue weighted by Gasteiger charge is 2.23. The maximum Gasteiger partial charge on any atom is 0.0950 e. The van der Waals surface area contributed by atoms with Crippen LogP contribution in [0.4, 0.5) is 17.1 Å². The molecule has 0 atom stereocenters. The van der Waals surface area contributed by atoms with Gasteiger partial charge in [0.15, 0.2) is 0 Å². The lowest BCUT2D eigenvalue weighted by Crippen LogP contribution is -2.23. The molecular formula is C12H12N2S. The first kappa shape index (κ1) is 8.80. The molecule has 76 valence electrons. The molecule has 1 aliphatic rings. The van der Waals surface area contributed by atoms with Gasteiger partial charge in [0.2, 0.25) is 0 Å². The van der Waals surface area contributed by atoms with Crippen LogP contribution in [0.2, 0.25) is 0 Å². The van der Waals surface area contributed by atoms with Crippen LogP contribution in [-0.4, -0.2) is 13.7 Å². The van der Waals surface area contributed by atoms with E-state index in [1.165, 1.54) is 17.1 Å². The Morgan fingerprint density at radius 3 is 2.67 bits per heavy atom. The van der Waals surface area contributed by atoms with Crippen molar-refractivity contribution in [2.75, 3.05) is 23.5 Å². The zero-order valence-electron chi connectivity index (χ0n) is 8.55. The summed E-state index contributed by atoms with van der Waals surface area (Å²) in [5.74, 6) is 0. The Morgan fingerprint density at radius 1 is 1.13 bits per heavy atom. The van der Waals surface area contributed by atoms with Crippen LogP contribution in [0.3, 0.4) is 0 Å². The van der Waals surface area contributed by atoms with Gasteiger partial charge in [0.1, 0.15) is 0 Å². The third-order valence-electron chi connectivity index (χ3n) is 2.76. The zero-order chi connectivity index (χ0) is 10.3. The Bertz CT molecular complexity index is 464. The largest absolute Gasteiger partial charge is 0.355 e. The molecule has 0 amide bonds. The third-order valence-corrected chi connectivity index (χ3v) is 3.43. The van der Waals surface area contributed by atoms with E-state index in [-0.39, 0.29) is 0 Å². The Kier molecular flexibility index (Phi) is 1.92. The fourth-order valence-corrected chi connectivity index (χ4v) is 2.65. The lowest BCUT2D eigenvalue weighted by Gasteiger charge is -2.17. The van der Waals surface area contributed by atoms with Crippen molar-refractivity contribution in [3.05, 3.63) is 41.1 Å². The van der Waals surface area contributed by atoms with E-state index in [1.54, 1.807) is 11.3 Å². The number of anilines is 3. The number of rotatable bonds is 1. The van der Waals surface area contributed by atoms with Gasteiger partial charge in [-0.2, -0.15) is 11.3 Å². The highest BCUT2D eigenvalue weighted by Crippen LogP contribution is 2.39. The molecule has 1 aromatic heterocycles. The molecule has 0 fully saturated rings. The predicted molar refractivity (Wildman–Crippen MR) is 66.2 cm³/mol. The van der Waals surface area contributed by atoms with Crippen molar-refractivity contribution in [3.8, 4) is 0 Å². The molecule has 0 spiro atoms. The average molecular weight is 216 g/mol. The summed E-state index contributed by atoms with van der Waals surface area (Å²) in [7, 11) is 2.13. The third kappa shape index (κ3) is 1.31. The molecule has 0 saturated carbocycles. The molecule has 1 aromatic carbocycles. The normalized spacial score (nSPS) is 14.5. The molecule has 0 aliphatic carbocycles. The van der Waals surface area contributed by atoms with Crippen LogP contribution >= 0.6 is 11.3 Å². The molecule has 0 saturated heterocycles. The number of thiophene rings is 1. The summed E-state index contributed by atoms with van der Waals surface area (Å²) in [4.78, 5) is 4.61. The Balaban J connectivity index is 2.09. The molecule has 2 nitrogen and oxygen atoms in total. The molecule has 0 radical (unpaired) electrons. The second-order valence-corrected chi connectivity index (χ2v) is 4.52. The minimum absolute atomic E-state index is 0.941. The molecule has 3 heteroatoms. The maximum absolute atomic E-state index is 2.34. The Labute approximate surface area is 93.4 Å². The number of hydrogen-bond acceptors (Lipinski definition) is 3. The number of para-hydroxylation sites is 2. The van der Waals surface area contributed by atoms with E-state index in [0.717, 1.165) is 6.67 Å². The fraction of sp³-hybridized carbons (Fsp3) is 0.167. The lowest BCUT2D eigenvalue weighted by molar-refractivity contribution is 0.952. The van der Waals surface area contributed by atoms with Gasteiger partial charge in [-0.05, 0) is 23.6 Å². The van der Waals surface area contributed by atoms with Crippen LogP contribution in [0.1, 0.15) is 0 Å². The summed E-state index contributed by atoms with van der Waals surface area (Å²) in [6.07, 6.45) is 0. The average Bonchev–Trinajstić information content (AvgIpc) is 2.87. The summed E-state index contributed by atoms with van der Waals surface area (Å²) < 4.78 is 0. The van der Waals surface area contributed by atoms with Gasteiger partial charge in [-0.15, -0.1) is 0 Å². The van der Waals surface area contributed by atoms with E-state index < -0.39 is 0 Å². The Morgan fingerprint density at radius 2 is 1.93 bits per heavy atom. The van der Waals surface area contributed by atoms with Crippen molar-refractivity contribution in [2.24, 2.45) is 0 Å². The summed E-state index contributed by atoms with van der Waals surface area (Å²) in [6, 6.07) is 10.7. The quantitative estimate of drug-likeness (QED) is 0.721. The van der Waals surface area contributed by atoms with Crippen molar-refractivity contribution in [1.82, 2.24) is 0 Å². The van der Waals surface area contributed by atoms with Gasteiger partial charge < -0.3 is 9.80 Å². The van der Waals surface area contributed by atoms with Crippen molar-refractivity contribution in [2.45, 2.75) is 0 Å². The topological polar surface area (TPSA) is 6.48 Å². The highest BCUT2D eigenvalue weighted by atomic mass is 32.1. The van der Waals surface area contributed by atoms with E-state index in [9.17, 15) is 0 Å². The van der Waals surface area contributed by atoms with Gasteiger partial charge in [0.25, 0.3) is 0 Å². The van der Waals surface area contributed by atoms with Crippen LogP contribution < -0.4 is 9.80 Å². The molecule has 0 unspecified atom stereocenters. The Hall–Kier alpha value is -1.48. The monoisotopic (exact) mass is 216 g/mol. The van der Waals surface area contributed by atoms with Crippen LogP contribution in [0, 0.1) is 0 Å². The molecule has 15 heavy (non-hydrogen) atoms. The highest BCUT2D eigenvalue weighted by molar-refractivity contribution is 7.08. The van der Waals surface area contributed by atoms with Gasteiger partial charge in [-0.3, -0.25) is 0 Å². The second kappa shape index (κ2) is 3.28. The van der Waals surface area contributed by atoms with E-state index in [4.69, 9.17) is 0 Å².